The van der Waals surface area contributed by atoms with Crippen molar-refractivity contribution in [1.82, 2.24) is 14.8 Å². The summed E-state index contributed by atoms with van der Waals surface area (Å²) >= 11 is 1.09. The Labute approximate surface area is 269 Å². The zero-order valence-electron chi connectivity index (χ0n) is 26.1. The number of thiophene rings is 1. The molecule has 2 amide bonds. The monoisotopic (exact) mass is 658 g/mol. The molecule has 3 heterocycles. The van der Waals surface area contributed by atoms with Crippen molar-refractivity contribution in [1.29, 1.82) is 0 Å². The molecule has 0 saturated carbocycles. The van der Waals surface area contributed by atoms with E-state index in [2.05, 4.69) is 9.71 Å². The summed E-state index contributed by atoms with van der Waals surface area (Å²) in [5.74, 6) is -0.481. The Bertz CT molecular complexity index is 1520. The maximum atomic E-state index is 14.3. The average molecular weight is 659 g/mol. The Hall–Kier alpha value is -3.52. The van der Waals surface area contributed by atoms with Gasteiger partial charge in [-0.1, -0.05) is 13.0 Å². The van der Waals surface area contributed by atoms with Crippen molar-refractivity contribution in [3.05, 3.63) is 71.4 Å². The van der Waals surface area contributed by atoms with Gasteiger partial charge in [-0.25, -0.2) is 8.42 Å². The van der Waals surface area contributed by atoms with Gasteiger partial charge in [-0.15, -0.1) is 11.3 Å². The number of rotatable bonds is 8. The number of anilines is 1. The molecule has 2 aromatic heterocycles. The third-order valence-electron chi connectivity index (χ3n) is 7.79. The molecule has 11 nitrogen and oxygen atoms in total. The lowest BCUT2D eigenvalue weighted by atomic mass is 10.0. The summed E-state index contributed by atoms with van der Waals surface area (Å²) in [5.41, 5.74) is 0.915. The highest BCUT2D eigenvalue weighted by Crippen LogP contribution is 2.30. The average Bonchev–Trinajstić information content (AvgIpc) is 3.59. The van der Waals surface area contributed by atoms with Crippen molar-refractivity contribution in [2.75, 3.05) is 38.1 Å². The zero-order valence-corrected chi connectivity index (χ0v) is 27.7. The molecule has 0 radical (unpaired) electrons. The Morgan fingerprint density at radius 2 is 1.96 bits per heavy atom. The number of sulfonamides is 1. The molecule has 1 aliphatic rings. The van der Waals surface area contributed by atoms with Crippen LogP contribution in [0.1, 0.15) is 60.7 Å². The number of aliphatic hydroxyl groups excluding tert-OH is 1. The maximum Gasteiger partial charge on any atom is 0.271 e. The van der Waals surface area contributed by atoms with E-state index in [1.54, 1.807) is 71.9 Å². The molecule has 0 unspecified atom stereocenters. The summed E-state index contributed by atoms with van der Waals surface area (Å²) in [6.45, 7) is 6.32. The number of ether oxygens (including phenoxy) is 2. The molecule has 2 N–H and O–H groups in total. The van der Waals surface area contributed by atoms with Gasteiger partial charge in [-0.3, -0.25) is 19.3 Å². The summed E-state index contributed by atoms with van der Waals surface area (Å²) in [4.78, 5) is 34.6. The second kappa shape index (κ2) is 15.7. The van der Waals surface area contributed by atoms with Crippen molar-refractivity contribution >= 4 is 38.9 Å². The quantitative estimate of drug-likeness (QED) is 0.361. The van der Waals surface area contributed by atoms with E-state index in [0.717, 1.165) is 24.2 Å². The predicted octanol–water partition coefficient (Wildman–Crippen LogP) is 4.51. The number of nitrogens with zero attached hydrogens (tertiary/aromatic N) is 3. The van der Waals surface area contributed by atoms with Gasteiger partial charge in [-0.2, -0.15) is 0 Å². The smallest absolute Gasteiger partial charge is 0.271 e. The Morgan fingerprint density at radius 3 is 2.64 bits per heavy atom. The van der Waals surface area contributed by atoms with Crippen molar-refractivity contribution in [2.45, 2.75) is 62.5 Å². The molecule has 1 aliphatic heterocycles. The fourth-order valence-corrected chi connectivity index (χ4v) is 7.18. The molecule has 45 heavy (non-hydrogen) atoms. The van der Waals surface area contributed by atoms with E-state index >= 15 is 0 Å². The molecular formula is C32H42N4O7S2. The minimum absolute atomic E-state index is 0.154. The normalized spacial score (nSPS) is 20.8. The molecule has 1 aromatic carbocycles. The van der Waals surface area contributed by atoms with Crippen molar-refractivity contribution in [2.24, 2.45) is 5.92 Å². The van der Waals surface area contributed by atoms with Crippen molar-refractivity contribution in [3.8, 4) is 5.75 Å². The van der Waals surface area contributed by atoms with E-state index in [-0.39, 0.29) is 46.5 Å². The largest absolute Gasteiger partial charge is 0.490 e. The number of amides is 2. The number of carbonyl (C=O) groups excluding carboxylic acids is 2. The molecule has 4 rings (SSSR count). The van der Waals surface area contributed by atoms with Crippen LogP contribution in [-0.2, 0) is 14.8 Å². The van der Waals surface area contributed by atoms with Gasteiger partial charge in [0.1, 0.15) is 9.96 Å². The number of pyridine rings is 1. The summed E-state index contributed by atoms with van der Waals surface area (Å²) in [7, 11) is -2.13. The van der Waals surface area contributed by atoms with Crippen molar-refractivity contribution < 1.29 is 32.6 Å². The minimum Gasteiger partial charge on any atom is -0.490 e. The first kappa shape index (κ1) is 34.4. The van der Waals surface area contributed by atoms with Gasteiger partial charge < -0.3 is 24.4 Å². The highest BCUT2D eigenvalue weighted by molar-refractivity contribution is 7.94. The number of fused-ring (bicyclic) bond motifs is 1. The Balaban J connectivity index is 1.65. The van der Waals surface area contributed by atoms with E-state index in [1.807, 2.05) is 13.8 Å². The van der Waals surface area contributed by atoms with Crippen LogP contribution in [0.2, 0.25) is 0 Å². The molecule has 0 saturated heterocycles. The van der Waals surface area contributed by atoms with E-state index in [0.29, 0.717) is 30.9 Å². The lowest BCUT2D eigenvalue weighted by Crippen LogP contribution is -2.48. The van der Waals surface area contributed by atoms with Crippen LogP contribution >= 0.6 is 11.3 Å². The molecule has 0 spiro atoms. The molecular weight excluding hydrogens is 617 g/mol. The van der Waals surface area contributed by atoms with Crippen LogP contribution in [-0.4, -0.2) is 91.7 Å². The number of likely N-dealkylation sites (N-methyl/N-ethyl adjacent to an activating group) is 1. The highest BCUT2D eigenvalue weighted by Gasteiger charge is 2.31. The van der Waals surface area contributed by atoms with Crippen LogP contribution in [0.15, 0.2) is 64.4 Å². The number of benzene rings is 1. The maximum absolute atomic E-state index is 14.3. The number of carbonyl (C=O) groups is 2. The first-order valence-corrected chi connectivity index (χ1v) is 17.4. The second-order valence-corrected chi connectivity index (χ2v) is 14.3. The lowest BCUT2D eigenvalue weighted by Gasteiger charge is -2.36. The van der Waals surface area contributed by atoms with Crippen LogP contribution < -0.4 is 9.46 Å². The number of hydrogen-bond donors (Lipinski definition) is 2. The van der Waals surface area contributed by atoms with Crippen molar-refractivity contribution in [3.63, 3.8) is 0 Å². The zero-order chi connectivity index (χ0) is 32.6. The molecule has 0 fully saturated rings. The summed E-state index contributed by atoms with van der Waals surface area (Å²) in [5, 5.41) is 11.8. The van der Waals surface area contributed by atoms with E-state index in [4.69, 9.17) is 9.47 Å². The number of aliphatic hydroxyl groups is 1. The van der Waals surface area contributed by atoms with Crippen LogP contribution in [0.3, 0.4) is 0 Å². The number of nitrogens with one attached hydrogen (secondary N) is 1. The number of hydrogen-bond acceptors (Lipinski definition) is 9. The van der Waals surface area contributed by atoms with Crippen LogP contribution in [0, 0.1) is 5.92 Å². The summed E-state index contributed by atoms with van der Waals surface area (Å²) in [6.07, 6.45) is 4.83. The third kappa shape index (κ3) is 9.03. The van der Waals surface area contributed by atoms with Gasteiger partial charge in [-0.05, 0) is 74.9 Å². The van der Waals surface area contributed by atoms with E-state index < -0.39 is 28.1 Å². The topological polar surface area (TPSA) is 138 Å². The lowest BCUT2D eigenvalue weighted by molar-refractivity contribution is -0.0149. The van der Waals surface area contributed by atoms with Crippen LogP contribution in [0.4, 0.5) is 5.69 Å². The van der Waals surface area contributed by atoms with Crippen LogP contribution in [0.5, 0.6) is 5.75 Å². The van der Waals surface area contributed by atoms with Gasteiger partial charge in [0.2, 0.25) is 0 Å². The van der Waals surface area contributed by atoms with Gasteiger partial charge in [0.25, 0.3) is 21.8 Å². The predicted molar refractivity (Wildman–Crippen MR) is 173 cm³/mol. The SMILES string of the molecule is C[C@@H]1CN([C@@H](C)CO)C(=O)c2cc(NS(=O)(=O)c3cccs3)ccc2O[C@@H](C)CCCCO[C@@H]1CN(C)C(=O)c1ccncc1. The second-order valence-electron chi connectivity index (χ2n) is 11.5. The number of aromatic nitrogens is 1. The Morgan fingerprint density at radius 1 is 1.20 bits per heavy atom. The summed E-state index contributed by atoms with van der Waals surface area (Å²) < 4.78 is 41.2. The van der Waals surface area contributed by atoms with Gasteiger partial charge in [0, 0.05) is 56.3 Å². The fourth-order valence-electron chi connectivity index (χ4n) is 5.14. The Kier molecular flexibility index (Phi) is 12.0. The summed E-state index contributed by atoms with van der Waals surface area (Å²) in [6, 6.07) is 10.6. The minimum atomic E-state index is -3.85. The fraction of sp³-hybridized carbons (Fsp3) is 0.469. The van der Waals surface area contributed by atoms with E-state index in [9.17, 15) is 23.1 Å². The first-order valence-electron chi connectivity index (χ1n) is 15.1. The van der Waals surface area contributed by atoms with Gasteiger partial charge >= 0.3 is 0 Å². The van der Waals surface area contributed by atoms with Gasteiger partial charge in [0.15, 0.2) is 0 Å². The standard InChI is InChI=1S/C32H42N4O7S2/c1-22-19-36(23(2)21-37)32(39)27-18-26(34-45(40,41)30-9-7-17-44-30)10-11-28(27)43-24(3)8-5-6-16-42-29(22)20-35(4)31(38)25-12-14-33-15-13-25/h7,9-15,17-18,22-24,29,34,37H,5-6,8,16,19-21H2,1-4H3/t22-,23+,24+,29-/m1/s1. The molecule has 4 atom stereocenters. The van der Waals surface area contributed by atoms with E-state index in [1.165, 1.54) is 12.1 Å². The molecule has 3 aromatic rings. The first-order chi connectivity index (χ1) is 21.5. The van der Waals surface area contributed by atoms with Crippen LogP contribution in [0.25, 0.3) is 0 Å². The molecule has 244 valence electrons. The molecule has 13 heteroatoms. The molecule has 0 aliphatic carbocycles. The molecule has 0 bridgehead atoms. The third-order valence-corrected chi connectivity index (χ3v) is 10.6. The van der Waals surface area contributed by atoms with Gasteiger partial charge in [0.05, 0.1) is 30.4 Å². The highest BCUT2D eigenvalue weighted by atomic mass is 32.2.